The number of nitrogens with zero attached hydrogens (tertiary/aromatic N) is 2. The molecule has 0 fully saturated rings. The Balaban J connectivity index is 2.49. The van der Waals surface area contributed by atoms with Crippen LogP contribution in [0.1, 0.15) is 16.2 Å². The second kappa shape index (κ2) is 6.33. The number of rotatable bonds is 4. The van der Waals surface area contributed by atoms with Crippen LogP contribution in [-0.4, -0.2) is 30.4 Å². The molecule has 0 atom stereocenters. The molecule has 0 bridgehead atoms. The highest BCUT2D eigenvalue weighted by molar-refractivity contribution is 5.90. The fourth-order valence-corrected chi connectivity index (χ4v) is 1.68. The summed E-state index contributed by atoms with van der Waals surface area (Å²) in [6.07, 6.45) is 0. The van der Waals surface area contributed by atoms with Gasteiger partial charge in [0.2, 0.25) is 17.3 Å². The zero-order chi connectivity index (χ0) is 16.3. The van der Waals surface area contributed by atoms with Gasteiger partial charge in [-0.25, -0.2) is 9.18 Å². The van der Waals surface area contributed by atoms with Crippen molar-refractivity contribution in [1.29, 1.82) is 0 Å². The molecule has 116 valence electrons. The van der Waals surface area contributed by atoms with Gasteiger partial charge in [0.25, 0.3) is 0 Å². The molecule has 0 saturated heterocycles. The first kappa shape index (κ1) is 15.6. The molecule has 22 heavy (non-hydrogen) atoms. The first-order valence-corrected chi connectivity index (χ1v) is 6.10. The van der Waals surface area contributed by atoms with E-state index in [0.29, 0.717) is 5.69 Å². The van der Waals surface area contributed by atoms with Gasteiger partial charge in [0.15, 0.2) is 17.3 Å². The molecule has 0 N–H and O–H groups in total. The Morgan fingerprint density at radius 3 is 2.50 bits per heavy atom. The summed E-state index contributed by atoms with van der Waals surface area (Å²) in [4.78, 5) is 11.6. The number of carbonyl (C=O) groups is 1. The highest BCUT2D eigenvalue weighted by atomic mass is 19.2. The van der Waals surface area contributed by atoms with Crippen molar-refractivity contribution in [3.63, 3.8) is 0 Å². The summed E-state index contributed by atoms with van der Waals surface area (Å²) in [5, 5.41) is 7.41. The number of hydrogen-bond donors (Lipinski definition) is 0. The number of esters is 1. The van der Waals surface area contributed by atoms with Crippen LogP contribution in [0.4, 0.5) is 8.78 Å². The van der Waals surface area contributed by atoms with Crippen molar-refractivity contribution in [2.75, 3.05) is 14.2 Å². The quantitative estimate of drug-likeness (QED) is 0.809. The maximum absolute atomic E-state index is 13.7. The molecule has 2 aromatic rings. The van der Waals surface area contributed by atoms with E-state index in [1.807, 2.05) is 0 Å². The van der Waals surface area contributed by atoms with Crippen LogP contribution in [0.5, 0.6) is 17.2 Å². The molecule has 1 aromatic carbocycles. The van der Waals surface area contributed by atoms with Gasteiger partial charge in [0, 0.05) is 6.07 Å². The maximum atomic E-state index is 13.7. The molecule has 8 heteroatoms. The van der Waals surface area contributed by atoms with Crippen LogP contribution >= 0.6 is 0 Å². The van der Waals surface area contributed by atoms with E-state index in [0.717, 1.165) is 6.07 Å². The van der Waals surface area contributed by atoms with E-state index in [4.69, 9.17) is 9.47 Å². The second-order valence-corrected chi connectivity index (χ2v) is 4.18. The lowest BCUT2D eigenvalue weighted by Gasteiger charge is -2.13. The Kier molecular flexibility index (Phi) is 4.50. The predicted molar refractivity (Wildman–Crippen MR) is 71.1 cm³/mol. The minimum atomic E-state index is -1.20. The summed E-state index contributed by atoms with van der Waals surface area (Å²) in [6.45, 7) is 1.63. The van der Waals surface area contributed by atoms with Crippen LogP contribution in [-0.2, 0) is 4.74 Å². The van der Waals surface area contributed by atoms with E-state index >= 15 is 0 Å². The summed E-state index contributed by atoms with van der Waals surface area (Å²) < 4.78 is 41.7. The van der Waals surface area contributed by atoms with Gasteiger partial charge in [0.05, 0.1) is 19.9 Å². The van der Waals surface area contributed by atoms with Crippen LogP contribution in [0.2, 0.25) is 0 Å². The molecule has 0 aliphatic heterocycles. The SMILES string of the molecule is COC(=O)c1nnc(C)cc1Oc1ccc(F)c(F)c1OC. The standard InChI is InChI=1S/C14H12F2N2O4/c1-7-6-10(12(18-17-7)14(19)21-3)22-9-5-4-8(15)11(16)13(9)20-2/h4-6H,1-3H3. The van der Waals surface area contributed by atoms with Gasteiger partial charge >= 0.3 is 5.97 Å². The maximum Gasteiger partial charge on any atom is 0.362 e. The number of halogens is 2. The van der Waals surface area contributed by atoms with Crippen molar-refractivity contribution in [3.05, 3.63) is 41.2 Å². The van der Waals surface area contributed by atoms with Crippen LogP contribution in [0, 0.1) is 18.6 Å². The molecule has 2 rings (SSSR count). The molecule has 0 radical (unpaired) electrons. The molecule has 1 heterocycles. The van der Waals surface area contributed by atoms with E-state index < -0.39 is 23.4 Å². The van der Waals surface area contributed by atoms with Gasteiger partial charge in [-0.2, -0.15) is 9.49 Å². The van der Waals surface area contributed by atoms with Crippen molar-refractivity contribution >= 4 is 5.97 Å². The fourth-order valence-electron chi connectivity index (χ4n) is 1.68. The Bertz CT molecular complexity index is 722. The smallest absolute Gasteiger partial charge is 0.362 e. The van der Waals surface area contributed by atoms with Crippen LogP contribution in [0.25, 0.3) is 0 Å². The van der Waals surface area contributed by atoms with Crippen molar-refractivity contribution in [3.8, 4) is 17.2 Å². The van der Waals surface area contributed by atoms with Gasteiger partial charge in [-0.05, 0) is 19.1 Å². The van der Waals surface area contributed by atoms with Crippen molar-refractivity contribution in [1.82, 2.24) is 10.2 Å². The number of benzene rings is 1. The Labute approximate surface area is 124 Å². The molecular formula is C14H12F2N2O4. The van der Waals surface area contributed by atoms with Crippen LogP contribution in [0.15, 0.2) is 18.2 Å². The lowest BCUT2D eigenvalue weighted by atomic mass is 10.2. The number of hydrogen-bond acceptors (Lipinski definition) is 6. The number of aryl methyl sites for hydroxylation is 1. The van der Waals surface area contributed by atoms with E-state index in [-0.39, 0.29) is 17.2 Å². The number of methoxy groups -OCH3 is 2. The summed E-state index contributed by atoms with van der Waals surface area (Å²) in [6, 6.07) is 3.47. The minimum absolute atomic E-state index is 0.0105. The van der Waals surface area contributed by atoms with Gasteiger partial charge in [-0.3, -0.25) is 0 Å². The lowest BCUT2D eigenvalue weighted by Crippen LogP contribution is -2.09. The zero-order valence-electron chi connectivity index (χ0n) is 12.0. The number of carbonyl (C=O) groups excluding carboxylic acids is 1. The highest BCUT2D eigenvalue weighted by Crippen LogP contribution is 2.35. The Morgan fingerprint density at radius 1 is 1.14 bits per heavy atom. The zero-order valence-corrected chi connectivity index (χ0v) is 12.0. The van der Waals surface area contributed by atoms with E-state index in [1.54, 1.807) is 6.92 Å². The minimum Gasteiger partial charge on any atom is -0.490 e. The second-order valence-electron chi connectivity index (χ2n) is 4.18. The van der Waals surface area contributed by atoms with Gasteiger partial charge in [-0.1, -0.05) is 0 Å². The molecular weight excluding hydrogens is 298 g/mol. The first-order chi connectivity index (χ1) is 10.5. The first-order valence-electron chi connectivity index (χ1n) is 6.10. The monoisotopic (exact) mass is 310 g/mol. The van der Waals surface area contributed by atoms with Crippen LogP contribution in [0.3, 0.4) is 0 Å². The van der Waals surface area contributed by atoms with Crippen molar-refractivity contribution < 1.29 is 27.8 Å². The number of ether oxygens (including phenoxy) is 3. The molecule has 0 saturated carbocycles. The third kappa shape index (κ3) is 2.95. The average molecular weight is 310 g/mol. The largest absolute Gasteiger partial charge is 0.490 e. The van der Waals surface area contributed by atoms with Gasteiger partial charge < -0.3 is 14.2 Å². The summed E-state index contributed by atoms with van der Waals surface area (Å²) in [7, 11) is 2.34. The molecule has 0 aliphatic rings. The Hall–Kier alpha value is -2.77. The average Bonchev–Trinajstić information content (AvgIpc) is 2.51. The topological polar surface area (TPSA) is 70.5 Å². The van der Waals surface area contributed by atoms with E-state index in [2.05, 4.69) is 14.9 Å². The molecule has 1 aromatic heterocycles. The van der Waals surface area contributed by atoms with Crippen molar-refractivity contribution in [2.24, 2.45) is 0 Å². The predicted octanol–water partition coefficient (Wildman–Crippen LogP) is 2.65. The van der Waals surface area contributed by atoms with Crippen LogP contribution < -0.4 is 9.47 Å². The third-order valence-electron chi connectivity index (χ3n) is 2.70. The third-order valence-corrected chi connectivity index (χ3v) is 2.70. The lowest BCUT2D eigenvalue weighted by molar-refractivity contribution is 0.0589. The van der Waals surface area contributed by atoms with E-state index in [9.17, 15) is 13.6 Å². The molecule has 0 aliphatic carbocycles. The van der Waals surface area contributed by atoms with Gasteiger partial charge in [0.1, 0.15) is 0 Å². The van der Waals surface area contributed by atoms with Gasteiger partial charge in [-0.15, -0.1) is 5.10 Å². The summed E-state index contributed by atoms with van der Waals surface area (Å²) >= 11 is 0. The van der Waals surface area contributed by atoms with E-state index in [1.165, 1.54) is 26.4 Å². The molecule has 6 nitrogen and oxygen atoms in total. The highest BCUT2D eigenvalue weighted by Gasteiger charge is 2.21. The van der Waals surface area contributed by atoms with Crippen molar-refractivity contribution in [2.45, 2.75) is 6.92 Å². The summed E-state index contributed by atoms with van der Waals surface area (Å²) in [5.74, 6) is -3.60. The molecule has 0 unspecified atom stereocenters. The molecule has 0 spiro atoms. The summed E-state index contributed by atoms with van der Waals surface area (Å²) in [5.41, 5.74) is 0.268. The normalized spacial score (nSPS) is 10.2. The Morgan fingerprint density at radius 2 is 1.86 bits per heavy atom. The fraction of sp³-hybridized carbons (Fsp3) is 0.214. The number of aromatic nitrogens is 2. The molecule has 0 amide bonds.